The van der Waals surface area contributed by atoms with Crippen LogP contribution in [0.3, 0.4) is 0 Å². The molecule has 24 heavy (non-hydrogen) atoms. The van der Waals surface area contributed by atoms with Crippen LogP contribution in [-0.2, 0) is 6.54 Å². The second kappa shape index (κ2) is 8.38. The van der Waals surface area contributed by atoms with Crippen molar-refractivity contribution in [3.63, 3.8) is 0 Å². The van der Waals surface area contributed by atoms with Gasteiger partial charge in [-0.3, -0.25) is 9.88 Å². The van der Waals surface area contributed by atoms with E-state index in [1.165, 1.54) is 5.56 Å². The Morgan fingerprint density at radius 3 is 2.71 bits per heavy atom. The number of aromatic nitrogens is 1. The number of likely N-dealkylation sites (tertiary alicyclic amines) is 1. The first-order valence-electron chi connectivity index (χ1n) is 8.80. The molecule has 1 aromatic heterocycles. The first-order chi connectivity index (χ1) is 11.7. The van der Waals surface area contributed by atoms with E-state index in [-0.39, 0.29) is 0 Å². The predicted octanol–water partition coefficient (Wildman–Crippen LogP) is 2.68. The normalized spacial score (nSPS) is 17.8. The zero-order valence-electron chi connectivity index (χ0n) is 14.4. The number of rotatable bonds is 6. The van der Waals surface area contributed by atoms with Gasteiger partial charge in [-0.1, -0.05) is 30.3 Å². The van der Waals surface area contributed by atoms with Crippen molar-refractivity contribution in [1.82, 2.24) is 15.2 Å². The lowest BCUT2D eigenvalue weighted by Crippen LogP contribution is -2.43. The van der Waals surface area contributed by atoms with E-state index in [2.05, 4.69) is 34.3 Å². The topological polar surface area (TPSA) is 48.4 Å². The van der Waals surface area contributed by atoms with E-state index in [1.54, 1.807) is 0 Å². The van der Waals surface area contributed by atoms with Crippen LogP contribution in [0.1, 0.15) is 35.6 Å². The van der Waals surface area contributed by atoms with Crippen LogP contribution in [0.15, 0.2) is 48.8 Å². The van der Waals surface area contributed by atoms with Crippen LogP contribution in [0.5, 0.6) is 0 Å². The molecule has 0 aliphatic carbocycles. The van der Waals surface area contributed by atoms with Crippen molar-refractivity contribution in [3.05, 3.63) is 65.5 Å². The molecule has 1 aromatic carbocycles. The summed E-state index contributed by atoms with van der Waals surface area (Å²) in [6.07, 6.45) is 5.59. The van der Waals surface area contributed by atoms with Gasteiger partial charge in [0.05, 0.1) is 6.10 Å². The van der Waals surface area contributed by atoms with Crippen molar-refractivity contribution in [2.45, 2.75) is 38.5 Å². The van der Waals surface area contributed by atoms with Gasteiger partial charge in [0.15, 0.2) is 0 Å². The highest BCUT2D eigenvalue weighted by molar-refractivity contribution is 5.27. The predicted molar refractivity (Wildman–Crippen MR) is 96.7 cm³/mol. The molecule has 0 spiro atoms. The number of nitrogens with one attached hydrogen (secondary N) is 1. The van der Waals surface area contributed by atoms with Gasteiger partial charge in [-0.05, 0) is 55.6 Å². The molecular formula is C20H27N3O. The number of hydrogen-bond acceptors (Lipinski definition) is 4. The molecule has 2 N–H and O–H groups in total. The highest BCUT2D eigenvalue weighted by Gasteiger charge is 2.20. The zero-order valence-corrected chi connectivity index (χ0v) is 14.4. The summed E-state index contributed by atoms with van der Waals surface area (Å²) in [5, 5.41) is 13.9. The van der Waals surface area contributed by atoms with Gasteiger partial charge in [0.1, 0.15) is 0 Å². The molecule has 0 amide bonds. The minimum absolute atomic E-state index is 0.431. The van der Waals surface area contributed by atoms with E-state index >= 15 is 0 Å². The lowest BCUT2D eigenvalue weighted by Gasteiger charge is -2.33. The molecule has 1 fully saturated rings. The van der Waals surface area contributed by atoms with Crippen LogP contribution in [0.4, 0.5) is 0 Å². The Balaban J connectivity index is 1.42. The second-order valence-corrected chi connectivity index (χ2v) is 6.69. The molecule has 4 nitrogen and oxygen atoms in total. The summed E-state index contributed by atoms with van der Waals surface area (Å²) in [5.74, 6) is 0. The smallest absolute Gasteiger partial charge is 0.0917 e. The molecule has 1 aliphatic rings. The van der Waals surface area contributed by atoms with Crippen molar-refractivity contribution in [3.8, 4) is 0 Å². The molecule has 1 unspecified atom stereocenters. The van der Waals surface area contributed by atoms with Gasteiger partial charge in [-0.15, -0.1) is 0 Å². The quantitative estimate of drug-likeness (QED) is 0.857. The number of pyridine rings is 1. The van der Waals surface area contributed by atoms with E-state index in [4.69, 9.17) is 0 Å². The monoisotopic (exact) mass is 325 g/mol. The first-order valence-corrected chi connectivity index (χ1v) is 8.80. The molecule has 2 aromatic rings. The average Bonchev–Trinajstić information content (AvgIpc) is 2.62. The summed E-state index contributed by atoms with van der Waals surface area (Å²) in [4.78, 5) is 6.66. The average molecular weight is 325 g/mol. The molecule has 0 radical (unpaired) electrons. The Hall–Kier alpha value is -1.75. The SMILES string of the molecule is Cc1ccccc1C(O)CNC1CCN(Cc2cccnc2)CC1. The highest BCUT2D eigenvalue weighted by Crippen LogP contribution is 2.18. The lowest BCUT2D eigenvalue weighted by molar-refractivity contribution is 0.149. The van der Waals surface area contributed by atoms with E-state index in [1.807, 2.05) is 36.7 Å². The van der Waals surface area contributed by atoms with Crippen molar-refractivity contribution in [2.75, 3.05) is 19.6 Å². The fraction of sp³-hybridized carbons (Fsp3) is 0.450. The lowest BCUT2D eigenvalue weighted by atomic mass is 10.0. The number of aryl methyl sites for hydroxylation is 1. The standard InChI is InChI=1S/C20H27N3O/c1-16-5-2-3-7-19(16)20(24)14-22-18-8-11-23(12-9-18)15-17-6-4-10-21-13-17/h2-7,10,13,18,20,22,24H,8-9,11-12,14-15H2,1H3. The van der Waals surface area contributed by atoms with E-state index < -0.39 is 6.10 Å². The van der Waals surface area contributed by atoms with Crippen LogP contribution in [0.2, 0.25) is 0 Å². The Bertz CT molecular complexity index is 624. The maximum atomic E-state index is 10.4. The molecule has 1 saturated heterocycles. The van der Waals surface area contributed by atoms with E-state index in [0.29, 0.717) is 12.6 Å². The van der Waals surface area contributed by atoms with Gasteiger partial charge >= 0.3 is 0 Å². The number of piperidine rings is 1. The van der Waals surface area contributed by atoms with Gasteiger partial charge in [-0.25, -0.2) is 0 Å². The molecule has 0 bridgehead atoms. The summed E-state index contributed by atoms with van der Waals surface area (Å²) >= 11 is 0. The second-order valence-electron chi connectivity index (χ2n) is 6.69. The zero-order chi connectivity index (χ0) is 16.8. The summed E-state index contributed by atoms with van der Waals surface area (Å²) in [6.45, 7) is 5.83. The fourth-order valence-electron chi connectivity index (χ4n) is 3.39. The number of aliphatic hydroxyl groups excluding tert-OH is 1. The molecule has 1 atom stereocenters. The fourth-order valence-corrected chi connectivity index (χ4v) is 3.39. The number of aliphatic hydroxyl groups is 1. The third kappa shape index (κ3) is 4.63. The van der Waals surface area contributed by atoms with E-state index in [9.17, 15) is 5.11 Å². The first kappa shape index (κ1) is 17.1. The van der Waals surface area contributed by atoms with Crippen LogP contribution in [0, 0.1) is 6.92 Å². The molecule has 3 rings (SSSR count). The minimum atomic E-state index is -0.431. The molecular weight excluding hydrogens is 298 g/mol. The molecule has 1 aliphatic heterocycles. The van der Waals surface area contributed by atoms with Crippen molar-refractivity contribution >= 4 is 0 Å². The van der Waals surface area contributed by atoms with Gasteiger partial charge in [-0.2, -0.15) is 0 Å². The van der Waals surface area contributed by atoms with Crippen LogP contribution in [0.25, 0.3) is 0 Å². The van der Waals surface area contributed by atoms with Gasteiger partial charge in [0.2, 0.25) is 0 Å². The Labute approximate surface area is 144 Å². The van der Waals surface area contributed by atoms with Crippen LogP contribution < -0.4 is 5.32 Å². The third-order valence-corrected chi connectivity index (χ3v) is 4.86. The van der Waals surface area contributed by atoms with Crippen molar-refractivity contribution < 1.29 is 5.11 Å². The summed E-state index contributed by atoms with van der Waals surface area (Å²) in [6, 6.07) is 12.7. The number of benzene rings is 1. The Morgan fingerprint density at radius 1 is 1.21 bits per heavy atom. The molecule has 4 heteroatoms. The maximum absolute atomic E-state index is 10.4. The largest absolute Gasteiger partial charge is 0.387 e. The minimum Gasteiger partial charge on any atom is -0.387 e. The summed E-state index contributed by atoms with van der Waals surface area (Å²) in [7, 11) is 0. The highest BCUT2D eigenvalue weighted by atomic mass is 16.3. The Kier molecular flexibility index (Phi) is 5.96. The number of nitrogens with zero attached hydrogens (tertiary/aromatic N) is 2. The number of hydrogen-bond donors (Lipinski definition) is 2. The van der Waals surface area contributed by atoms with Gasteiger partial charge in [0.25, 0.3) is 0 Å². The van der Waals surface area contributed by atoms with Crippen LogP contribution >= 0.6 is 0 Å². The van der Waals surface area contributed by atoms with Crippen molar-refractivity contribution in [2.24, 2.45) is 0 Å². The molecule has 0 saturated carbocycles. The van der Waals surface area contributed by atoms with Crippen molar-refractivity contribution in [1.29, 1.82) is 0 Å². The summed E-state index contributed by atoms with van der Waals surface area (Å²) < 4.78 is 0. The summed E-state index contributed by atoms with van der Waals surface area (Å²) in [5.41, 5.74) is 3.45. The van der Waals surface area contributed by atoms with Gasteiger partial charge < -0.3 is 10.4 Å². The third-order valence-electron chi connectivity index (χ3n) is 4.86. The maximum Gasteiger partial charge on any atom is 0.0917 e. The molecule has 128 valence electrons. The molecule has 2 heterocycles. The Morgan fingerprint density at radius 2 is 2.00 bits per heavy atom. The van der Waals surface area contributed by atoms with Crippen LogP contribution in [-0.4, -0.2) is 40.7 Å². The van der Waals surface area contributed by atoms with Gasteiger partial charge in [0, 0.05) is 31.5 Å². The van der Waals surface area contributed by atoms with E-state index in [0.717, 1.165) is 43.6 Å².